The Morgan fingerprint density at radius 3 is 2.15 bits per heavy atom. The fourth-order valence-corrected chi connectivity index (χ4v) is 15.6. The lowest BCUT2D eigenvalue weighted by molar-refractivity contribution is -0.229. The summed E-state index contributed by atoms with van der Waals surface area (Å²) in [6.07, 6.45) is 18.6. The number of nitrogens with zero attached hydrogens (tertiary/aromatic N) is 2. The molecular formula is C47H70N2O3. The first-order valence-corrected chi connectivity index (χ1v) is 21.7. The molecule has 0 spiro atoms. The van der Waals surface area contributed by atoms with Crippen LogP contribution in [0.5, 0.6) is 0 Å². The van der Waals surface area contributed by atoms with E-state index in [0.717, 1.165) is 45.4 Å². The van der Waals surface area contributed by atoms with Crippen molar-refractivity contribution < 1.29 is 14.7 Å². The van der Waals surface area contributed by atoms with Gasteiger partial charge < -0.3 is 14.9 Å². The summed E-state index contributed by atoms with van der Waals surface area (Å²) < 4.78 is 0. The van der Waals surface area contributed by atoms with E-state index < -0.39 is 5.97 Å². The summed E-state index contributed by atoms with van der Waals surface area (Å²) in [6.45, 7) is 24.4. The number of carbonyl (C=O) groups is 2. The number of likely N-dealkylation sites (tertiary alicyclic amines) is 1. The van der Waals surface area contributed by atoms with E-state index in [9.17, 15) is 9.90 Å². The van der Waals surface area contributed by atoms with E-state index in [4.69, 9.17) is 0 Å². The van der Waals surface area contributed by atoms with Gasteiger partial charge in [-0.05, 0) is 176 Å². The molecule has 7 aliphatic rings. The van der Waals surface area contributed by atoms with Crippen LogP contribution in [0.25, 0.3) is 5.57 Å². The van der Waals surface area contributed by atoms with Crippen LogP contribution in [-0.4, -0.2) is 59.0 Å². The SMILES string of the molecule is CCN(CC)C[C@@H]1CCCN1C(=O)[C@]12CC[C@@H](C3(C)CC3)C1[C@H]1CCC3[C@@]4(C)CC=C(c5ccc(C(=O)O)cc5)C(C)(C)C4CC[C@@]3(C)[C@]1(C)CC2. The third kappa shape index (κ3) is 5.08. The smallest absolute Gasteiger partial charge is 0.335 e. The van der Waals surface area contributed by atoms with Gasteiger partial charge in [0.1, 0.15) is 0 Å². The molecule has 286 valence electrons. The van der Waals surface area contributed by atoms with Gasteiger partial charge in [-0.25, -0.2) is 4.79 Å². The standard InChI is InChI=1S/C47H70N2O3/c1-9-48(10-2)30-33-12-11-29-49(33)41(52)47-24-20-35(43(5)25-26-43)39(47)36-17-18-38-44(6)22-19-34(31-13-15-32(16-14-31)40(50)51)42(3,4)37(44)21-23-46(38,8)45(36,7)27-28-47/h13-16,19,33,35-39H,9-12,17-18,20-30H2,1-8H3,(H,50,51)/t33-,35+,36+,37?,38?,39?,44-,45+,46+,47-/m0/s1. The van der Waals surface area contributed by atoms with Crippen molar-refractivity contribution in [1.82, 2.24) is 9.80 Å². The van der Waals surface area contributed by atoms with Gasteiger partial charge in [0.25, 0.3) is 0 Å². The molecule has 5 nitrogen and oxygen atoms in total. The van der Waals surface area contributed by atoms with Gasteiger partial charge in [-0.1, -0.05) is 73.6 Å². The average molecular weight is 711 g/mol. The van der Waals surface area contributed by atoms with Crippen molar-refractivity contribution in [2.75, 3.05) is 26.2 Å². The molecule has 0 radical (unpaired) electrons. The van der Waals surface area contributed by atoms with Crippen LogP contribution < -0.4 is 0 Å². The Hall–Kier alpha value is -2.14. The minimum Gasteiger partial charge on any atom is -0.478 e. The number of fused-ring (bicyclic) bond motifs is 7. The summed E-state index contributed by atoms with van der Waals surface area (Å²) >= 11 is 0. The number of hydrogen-bond acceptors (Lipinski definition) is 3. The molecule has 1 aromatic carbocycles. The molecule has 1 heterocycles. The van der Waals surface area contributed by atoms with Gasteiger partial charge in [-0.15, -0.1) is 0 Å². The summed E-state index contributed by atoms with van der Waals surface area (Å²) in [5.74, 6) is 2.84. The van der Waals surface area contributed by atoms with Crippen LogP contribution in [-0.2, 0) is 4.79 Å². The molecule has 5 saturated carbocycles. The Balaban J connectivity index is 1.12. The first-order chi connectivity index (χ1) is 24.6. The quantitative estimate of drug-likeness (QED) is 0.292. The van der Waals surface area contributed by atoms with Crippen LogP contribution in [0.4, 0.5) is 0 Å². The molecule has 1 aliphatic heterocycles. The topological polar surface area (TPSA) is 60.9 Å². The van der Waals surface area contributed by atoms with Gasteiger partial charge in [0.05, 0.1) is 11.0 Å². The minimum atomic E-state index is -0.860. The highest BCUT2D eigenvalue weighted by atomic mass is 16.4. The normalized spacial score (nSPS) is 42.9. The number of benzene rings is 1. The number of carbonyl (C=O) groups excluding carboxylic acids is 1. The number of hydrogen-bond donors (Lipinski definition) is 1. The molecule has 8 rings (SSSR count). The Labute approximate surface area is 315 Å². The van der Waals surface area contributed by atoms with E-state index in [2.05, 4.69) is 71.3 Å². The largest absolute Gasteiger partial charge is 0.478 e. The second-order valence-electron chi connectivity index (χ2n) is 20.9. The number of aromatic carboxylic acids is 1. The average Bonchev–Trinajstić information content (AvgIpc) is 3.49. The van der Waals surface area contributed by atoms with Crippen molar-refractivity contribution in [2.45, 2.75) is 145 Å². The highest BCUT2D eigenvalue weighted by Crippen LogP contribution is 2.79. The third-order valence-corrected chi connectivity index (χ3v) is 18.8. The fraction of sp³-hybridized carbons (Fsp3) is 0.787. The molecule has 6 aliphatic carbocycles. The molecule has 1 saturated heterocycles. The van der Waals surface area contributed by atoms with E-state index in [1.807, 2.05) is 12.1 Å². The van der Waals surface area contributed by atoms with Gasteiger partial charge in [0.2, 0.25) is 5.91 Å². The van der Waals surface area contributed by atoms with Crippen molar-refractivity contribution in [3.63, 3.8) is 0 Å². The van der Waals surface area contributed by atoms with Crippen LogP contribution in [0.15, 0.2) is 30.3 Å². The van der Waals surface area contributed by atoms with Gasteiger partial charge in [-0.2, -0.15) is 0 Å². The third-order valence-electron chi connectivity index (χ3n) is 18.8. The molecule has 6 fully saturated rings. The number of carboxylic acid groups (broad SMARTS) is 1. The second kappa shape index (κ2) is 12.4. The highest BCUT2D eigenvalue weighted by molar-refractivity contribution is 5.88. The van der Waals surface area contributed by atoms with E-state index in [-0.39, 0.29) is 27.1 Å². The predicted molar refractivity (Wildman–Crippen MR) is 211 cm³/mol. The Morgan fingerprint density at radius 1 is 0.788 bits per heavy atom. The molecule has 3 unspecified atom stereocenters. The molecule has 1 amide bonds. The van der Waals surface area contributed by atoms with Gasteiger partial charge in [0.15, 0.2) is 0 Å². The van der Waals surface area contributed by atoms with Gasteiger partial charge in [0, 0.05) is 19.1 Å². The highest BCUT2D eigenvalue weighted by Gasteiger charge is 2.73. The number of allylic oxidation sites excluding steroid dienone is 2. The van der Waals surface area contributed by atoms with Crippen LogP contribution in [0.2, 0.25) is 0 Å². The lowest BCUT2D eigenvalue weighted by atomic mass is 9.32. The Bertz CT molecular complexity index is 1600. The molecule has 0 bridgehead atoms. The lowest BCUT2D eigenvalue weighted by Gasteiger charge is -2.72. The van der Waals surface area contributed by atoms with Crippen LogP contribution in [0, 0.1) is 62.1 Å². The Kier molecular flexibility index (Phi) is 8.81. The maximum absolute atomic E-state index is 15.4. The van der Waals surface area contributed by atoms with Gasteiger partial charge in [-0.3, -0.25) is 4.79 Å². The summed E-state index contributed by atoms with van der Waals surface area (Å²) in [5.41, 5.74) is 3.99. The molecule has 5 heteroatoms. The summed E-state index contributed by atoms with van der Waals surface area (Å²) in [7, 11) is 0. The predicted octanol–water partition coefficient (Wildman–Crippen LogP) is 10.6. The van der Waals surface area contributed by atoms with E-state index >= 15 is 4.79 Å². The first kappa shape index (κ1) is 36.8. The zero-order chi connectivity index (χ0) is 37.1. The maximum Gasteiger partial charge on any atom is 0.335 e. The number of amides is 1. The van der Waals surface area contributed by atoms with E-state index in [1.165, 1.54) is 75.3 Å². The lowest BCUT2D eigenvalue weighted by Crippen LogP contribution is -2.66. The molecule has 52 heavy (non-hydrogen) atoms. The first-order valence-electron chi connectivity index (χ1n) is 21.7. The maximum atomic E-state index is 15.4. The van der Waals surface area contributed by atoms with Crippen LogP contribution in [0.3, 0.4) is 0 Å². The molecule has 1 N–H and O–H groups in total. The van der Waals surface area contributed by atoms with Crippen molar-refractivity contribution in [3.8, 4) is 0 Å². The van der Waals surface area contributed by atoms with Crippen molar-refractivity contribution in [3.05, 3.63) is 41.5 Å². The summed E-state index contributed by atoms with van der Waals surface area (Å²) in [5, 5.41) is 9.53. The van der Waals surface area contributed by atoms with Gasteiger partial charge >= 0.3 is 5.97 Å². The molecule has 0 aromatic heterocycles. The van der Waals surface area contributed by atoms with E-state index in [1.54, 1.807) is 12.1 Å². The Morgan fingerprint density at radius 2 is 1.50 bits per heavy atom. The second-order valence-corrected chi connectivity index (χ2v) is 20.9. The molecule has 1 aromatic rings. The molecular weight excluding hydrogens is 641 g/mol. The minimum absolute atomic E-state index is 0.0134. The number of rotatable bonds is 8. The van der Waals surface area contributed by atoms with Crippen molar-refractivity contribution in [1.29, 1.82) is 0 Å². The van der Waals surface area contributed by atoms with E-state index in [0.29, 0.717) is 52.5 Å². The van der Waals surface area contributed by atoms with Crippen LogP contribution in [0.1, 0.15) is 155 Å². The summed E-state index contributed by atoms with van der Waals surface area (Å²) in [6, 6.07) is 8.03. The van der Waals surface area contributed by atoms with Crippen molar-refractivity contribution in [2.24, 2.45) is 62.1 Å². The monoisotopic (exact) mass is 711 g/mol. The zero-order valence-electron chi connectivity index (χ0n) is 34.0. The van der Waals surface area contributed by atoms with Crippen molar-refractivity contribution >= 4 is 17.4 Å². The fourth-order valence-electron chi connectivity index (χ4n) is 15.6. The number of carboxylic acids is 1. The molecule has 10 atom stereocenters. The van der Waals surface area contributed by atoms with Crippen LogP contribution >= 0.6 is 0 Å². The number of likely N-dealkylation sites (N-methyl/N-ethyl adjacent to an activating group) is 1. The summed E-state index contributed by atoms with van der Waals surface area (Å²) in [4.78, 5) is 32.0. The zero-order valence-corrected chi connectivity index (χ0v) is 34.0.